The first-order valence-corrected chi connectivity index (χ1v) is 21.0. The summed E-state index contributed by atoms with van der Waals surface area (Å²) < 4.78 is 0. The van der Waals surface area contributed by atoms with Crippen molar-refractivity contribution in [2.24, 2.45) is 23.3 Å². The van der Waals surface area contributed by atoms with E-state index in [0.29, 0.717) is 18.4 Å². The van der Waals surface area contributed by atoms with Crippen molar-refractivity contribution in [3.63, 3.8) is 0 Å². The molecular weight excluding hydrogens is 873 g/mol. The number of benzene rings is 1. The van der Waals surface area contributed by atoms with Crippen molar-refractivity contribution in [1.29, 1.82) is 0 Å². The van der Waals surface area contributed by atoms with Gasteiger partial charge in [0.25, 0.3) is 0 Å². The highest BCUT2D eigenvalue weighted by atomic mass is 16.4. The first-order valence-electron chi connectivity index (χ1n) is 21.0. The number of hydrogen-bond acceptors (Lipinski definition) is 13. The van der Waals surface area contributed by atoms with Crippen molar-refractivity contribution in [3.05, 3.63) is 35.9 Å². The minimum atomic E-state index is -1.61. The van der Waals surface area contributed by atoms with Crippen molar-refractivity contribution >= 4 is 71.1 Å². The molecule has 0 aliphatic rings. The van der Waals surface area contributed by atoms with Gasteiger partial charge < -0.3 is 69.3 Å². The maximum atomic E-state index is 13.7. The third kappa shape index (κ3) is 21.0. The van der Waals surface area contributed by atoms with Gasteiger partial charge in [-0.15, -0.1) is 0 Å². The first-order chi connectivity index (χ1) is 30.9. The number of primary amides is 1. The van der Waals surface area contributed by atoms with Crippen LogP contribution in [0.5, 0.6) is 0 Å². The summed E-state index contributed by atoms with van der Waals surface area (Å²) in [5.74, 6) is -13.8. The van der Waals surface area contributed by atoms with Gasteiger partial charge in [-0.1, -0.05) is 70.9 Å². The zero-order valence-electron chi connectivity index (χ0n) is 37.3. The summed E-state index contributed by atoms with van der Waals surface area (Å²) in [5.41, 5.74) is 11.4. The Morgan fingerprint density at radius 1 is 0.545 bits per heavy atom. The Morgan fingerprint density at radius 2 is 1.06 bits per heavy atom. The van der Waals surface area contributed by atoms with E-state index in [0.717, 1.165) is 0 Å². The van der Waals surface area contributed by atoms with Crippen LogP contribution in [0.2, 0.25) is 0 Å². The molecule has 0 radical (unpaired) electrons. The van der Waals surface area contributed by atoms with Crippen LogP contribution in [0.3, 0.4) is 0 Å². The number of nitrogens with two attached hydrogens (primary N) is 2. The average molecular weight is 935 g/mol. The number of carboxylic acid groups (broad SMARTS) is 3. The average Bonchev–Trinajstić information content (AvgIpc) is 3.25. The van der Waals surface area contributed by atoms with Gasteiger partial charge in [0.2, 0.25) is 53.2 Å². The molecular formula is C41H62N10O15. The van der Waals surface area contributed by atoms with Crippen LogP contribution in [-0.2, 0) is 64.0 Å². The molecule has 1 rings (SSSR count). The van der Waals surface area contributed by atoms with Crippen LogP contribution in [-0.4, -0.2) is 142 Å². The normalized spacial score (nSPS) is 14.9. The number of carbonyl (C=O) groups excluding carboxylic acids is 9. The van der Waals surface area contributed by atoms with E-state index < -0.39 is 164 Å². The summed E-state index contributed by atoms with van der Waals surface area (Å²) in [4.78, 5) is 151. The van der Waals surface area contributed by atoms with Gasteiger partial charge in [0, 0.05) is 12.8 Å². The smallest absolute Gasteiger partial charge is 0.322 e. The predicted octanol–water partition coefficient (Wildman–Crippen LogP) is -3.89. The number of amides is 9. The second-order valence-electron chi connectivity index (χ2n) is 15.5. The molecule has 66 heavy (non-hydrogen) atoms. The highest BCUT2D eigenvalue weighted by Crippen LogP contribution is 2.13. The van der Waals surface area contributed by atoms with Gasteiger partial charge >= 0.3 is 17.9 Å². The summed E-state index contributed by atoms with van der Waals surface area (Å²) in [6.07, 6.45) is -2.00. The lowest BCUT2D eigenvalue weighted by atomic mass is 9.96. The van der Waals surface area contributed by atoms with E-state index in [9.17, 15) is 62.6 Å². The minimum Gasteiger partial charge on any atom is -0.481 e. The van der Waals surface area contributed by atoms with Gasteiger partial charge in [0.15, 0.2) is 0 Å². The molecule has 15 N–H and O–H groups in total. The zero-order valence-corrected chi connectivity index (χ0v) is 37.3. The molecule has 1 aromatic carbocycles. The molecule has 366 valence electrons. The molecule has 9 atom stereocenters. The molecule has 0 saturated heterocycles. The number of carbonyl (C=O) groups is 12. The minimum absolute atomic E-state index is 0.142. The van der Waals surface area contributed by atoms with Crippen LogP contribution in [0.1, 0.15) is 78.7 Å². The van der Waals surface area contributed by atoms with E-state index in [2.05, 4.69) is 37.2 Å². The van der Waals surface area contributed by atoms with Gasteiger partial charge in [0.1, 0.15) is 42.8 Å². The molecule has 0 bridgehead atoms. The van der Waals surface area contributed by atoms with Crippen LogP contribution in [0.15, 0.2) is 30.3 Å². The van der Waals surface area contributed by atoms with Gasteiger partial charge in [-0.05, 0) is 30.7 Å². The SMILES string of the molecule is CC[C@H](C)[C@H](NC(=O)[C@H](CCC(=O)O)NC(=O)[C@@H](NC(=O)[C@@H](N)CC(=O)O)[C@@H](C)CC)C(=O)NCC(=O)N[C@@H](C)C(=O)N[C@@H](Cc1ccccc1)C(=O)N[C@@H](CC(N)=O)C(=O)NCC(=O)O. The van der Waals surface area contributed by atoms with Gasteiger partial charge in [0.05, 0.1) is 25.4 Å². The lowest BCUT2D eigenvalue weighted by Gasteiger charge is -2.29. The number of hydrogen-bond donors (Lipinski definition) is 13. The molecule has 9 amide bonds. The van der Waals surface area contributed by atoms with E-state index in [4.69, 9.17) is 21.7 Å². The van der Waals surface area contributed by atoms with E-state index in [1.54, 1.807) is 58.0 Å². The molecule has 0 unspecified atom stereocenters. The van der Waals surface area contributed by atoms with Gasteiger partial charge in [-0.3, -0.25) is 57.5 Å². The number of aliphatic carboxylic acids is 3. The molecule has 0 fully saturated rings. The van der Waals surface area contributed by atoms with Crippen molar-refractivity contribution < 1.29 is 72.9 Å². The summed E-state index contributed by atoms with van der Waals surface area (Å²) in [7, 11) is 0. The molecule has 0 aromatic heterocycles. The Bertz CT molecular complexity index is 1920. The fourth-order valence-electron chi connectivity index (χ4n) is 5.96. The largest absolute Gasteiger partial charge is 0.481 e. The highest BCUT2D eigenvalue weighted by molar-refractivity contribution is 5.98. The Morgan fingerprint density at radius 3 is 1.59 bits per heavy atom. The number of carboxylic acids is 3. The summed E-state index contributed by atoms with van der Waals surface area (Å²) in [6, 6.07) is -1.81. The lowest BCUT2D eigenvalue weighted by molar-refractivity contribution is -0.140. The Balaban J connectivity index is 3.15. The highest BCUT2D eigenvalue weighted by Gasteiger charge is 2.35. The maximum Gasteiger partial charge on any atom is 0.322 e. The molecule has 0 heterocycles. The number of rotatable bonds is 30. The Hall–Kier alpha value is -7.18. The second kappa shape index (κ2) is 28.6. The molecule has 0 aliphatic carbocycles. The molecule has 1 aromatic rings. The van der Waals surface area contributed by atoms with E-state index in [1.807, 2.05) is 5.32 Å². The van der Waals surface area contributed by atoms with Gasteiger partial charge in [-0.2, -0.15) is 0 Å². The quantitative estimate of drug-likeness (QED) is 0.0351. The maximum absolute atomic E-state index is 13.7. The second-order valence-corrected chi connectivity index (χ2v) is 15.5. The van der Waals surface area contributed by atoms with Crippen LogP contribution in [0.25, 0.3) is 0 Å². The lowest BCUT2D eigenvalue weighted by Crippen LogP contribution is -2.60. The van der Waals surface area contributed by atoms with Gasteiger partial charge in [-0.25, -0.2) is 0 Å². The molecule has 25 heteroatoms. The first kappa shape index (κ1) is 56.8. The monoisotopic (exact) mass is 934 g/mol. The third-order valence-corrected chi connectivity index (χ3v) is 10.2. The topological polar surface area (TPSA) is 414 Å². The van der Waals surface area contributed by atoms with Crippen LogP contribution in [0, 0.1) is 11.8 Å². The van der Waals surface area contributed by atoms with Crippen molar-refractivity contribution in [2.75, 3.05) is 13.1 Å². The fourth-order valence-corrected chi connectivity index (χ4v) is 5.96. The van der Waals surface area contributed by atoms with Crippen LogP contribution >= 0.6 is 0 Å². The zero-order chi connectivity index (χ0) is 50.3. The van der Waals surface area contributed by atoms with Crippen molar-refractivity contribution in [3.8, 4) is 0 Å². The van der Waals surface area contributed by atoms with Crippen molar-refractivity contribution in [2.45, 2.75) is 122 Å². The molecule has 0 aliphatic heterocycles. The molecule has 0 spiro atoms. The van der Waals surface area contributed by atoms with Crippen LogP contribution in [0.4, 0.5) is 0 Å². The summed E-state index contributed by atoms with van der Waals surface area (Å²) >= 11 is 0. The Labute approximate surface area is 380 Å². The predicted molar refractivity (Wildman–Crippen MR) is 231 cm³/mol. The van der Waals surface area contributed by atoms with Crippen molar-refractivity contribution in [1.82, 2.24) is 42.5 Å². The van der Waals surface area contributed by atoms with E-state index >= 15 is 0 Å². The summed E-state index contributed by atoms with van der Waals surface area (Å²) in [5, 5.41) is 46.1. The Kier molecular flexibility index (Phi) is 24.6. The van der Waals surface area contributed by atoms with Crippen LogP contribution < -0.4 is 54.0 Å². The molecule has 0 saturated carbocycles. The molecule has 25 nitrogen and oxygen atoms in total. The third-order valence-electron chi connectivity index (χ3n) is 10.2. The number of nitrogens with one attached hydrogen (secondary N) is 8. The van der Waals surface area contributed by atoms with E-state index in [-0.39, 0.29) is 6.42 Å². The fraction of sp³-hybridized carbons (Fsp3) is 0.561. The summed E-state index contributed by atoms with van der Waals surface area (Å²) in [6.45, 7) is 6.29. The standard InChI is InChI=1S/C41H62N10O15/c1-6-20(3)33(51-38(63)25(13-14-30(54)55)47-41(66)34(21(4)7-2)50-36(61)24(42)16-31(56)57)40(65)44-18-29(53)46-22(5)35(60)48-26(15-23-11-9-8-10-12-23)39(64)49-27(17-28(43)52)37(62)45-19-32(58)59/h8-12,20-22,24-27,33-34H,6-7,13-19,42H2,1-5H3,(H2,43,52)(H,44,65)(H,45,62)(H,46,53)(H,47,66)(H,48,60)(H,49,64)(H,50,61)(H,51,63)(H,54,55)(H,56,57)(H,58,59)/t20-,21-,22-,24-,25-,26-,27-,33-,34-/m0/s1. The van der Waals surface area contributed by atoms with E-state index in [1.165, 1.54) is 6.92 Å².